The topological polar surface area (TPSA) is 20.3 Å². The van der Waals surface area contributed by atoms with E-state index in [2.05, 4.69) is 17.0 Å². The number of piperidine rings is 2. The molecule has 1 aliphatic carbocycles. The summed E-state index contributed by atoms with van der Waals surface area (Å²) in [5.74, 6) is 0.664. The molecule has 0 unspecified atom stereocenters. The maximum absolute atomic E-state index is 12.8. The molecule has 0 N–H and O–H groups in total. The summed E-state index contributed by atoms with van der Waals surface area (Å²) in [5, 5.41) is 0. The van der Waals surface area contributed by atoms with Gasteiger partial charge < -0.3 is 0 Å². The highest BCUT2D eigenvalue weighted by atomic mass is 16.1. The molecular formula is C17H19NO. The van der Waals surface area contributed by atoms with Crippen molar-refractivity contribution in [3.05, 3.63) is 41.5 Å². The average Bonchev–Trinajstić information content (AvgIpc) is 2.76. The van der Waals surface area contributed by atoms with Crippen LogP contribution in [0.3, 0.4) is 0 Å². The van der Waals surface area contributed by atoms with Gasteiger partial charge >= 0.3 is 0 Å². The fourth-order valence-corrected chi connectivity index (χ4v) is 4.22. The minimum Gasteiger partial charge on any atom is -0.296 e. The number of allylic oxidation sites excluding steroid dienone is 1. The Morgan fingerprint density at radius 1 is 1.05 bits per heavy atom. The maximum atomic E-state index is 12.8. The van der Waals surface area contributed by atoms with Gasteiger partial charge in [0.15, 0.2) is 5.78 Å². The van der Waals surface area contributed by atoms with Gasteiger partial charge in [0.2, 0.25) is 0 Å². The normalized spacial score (nSPS) is 30.6. The molecule has 3 aliphatic rings. The second kappa shape index (κ2) is 4.31. The number of hydrogen-bond donors (Lipinski definition) is 0. The van der Waals surface area contributed by atoms with Crippen molar-refractivity contribution in [2.24, 2.45) is 5.92 Å². The predicted molar refractivity (Wildman–Crippen MR) is 75.7 cm³/mol. The lowest BCUT2D eigenvalue weighted by Gasteiger charge is -2.41. The standard InChI is InChI=1S/C17H19NO/c19-17-14-9-5-11-18-10-4-8-13(16(14)18)15(17)12-6-2-1-3-7-12/h1-3,6-7,14,16H,4-5,8-11H2/t14-,16-/m1/s1. The van der Waals surface area contributed by atoms with E-state index in [4.69, 9.17) is 0 Å². The van der Waals surface area contributed by atoms with Gasteiger partial charge in [0.1, 0.15) is 0 Å². The fraction of sp³-hybridized carbons (Fsp3) is 0.471. The molecule has 2 saturated heterocycles. The van der Waals surface area contributed by atoms with E-state index in [0.717, 1.165) is 24.0 Å². The highest BCUT2D eigenvalue weighted by Crippen LogP contribution is 2.46. The Labute approximate surface area is 114 Å². The molecule has 2 aliphatic heterocycles. The van der Waals surface area contributed by atoms with Crippen molar-refractivity contribution < 1.29 is 4.79 Å². The Balaban J connectivity index is 1.84. The Morgan fingerprint density at radius 3 is 2.68 bits per heavy atom. The van der Waals surface area contributed by atoms with E-state index in [1.54, 1.807) is 0 Å². The first-order chi connectivity index (χ1) is 9.36. The first kappa shape index (κ1) is 11.4. The molecule has 1 aromatic rings. The average molecular weight is 253 g/mol. The summed E-state index contributed by atoms with van der Waals surface area (Å²) in [6, 6.07) is 10.7. The van der Waals surface area contributed by atoms with Gasteiger partial charge in [-0.1, -0.05) is 30.3 Å². The summed E-state index contributed by atoms with van der Waals surface area (Å²) in [5.41, 5.74) is 3.63. The zero-order chi connectivity index (χ0) is 12.8. The predicted octanol–water partition coefficient (Wildman–Crippen LogP) is 2.90. The van der Waals surface area contributed by atoms with Crippen molar-refractivity contribution in [1.29, 1.82) is 0 Å². The monoisotopic (exact) mass is 253 g/mol. The van der Waals surface area contributed by atoms with Crippen molar-refractivity contribution in [2.75, 3.05) is 13.1 Å². The maximum Gasteiger partial charge on any atom is 0.168 e. The van der Waals surface area contributed by atoms with Gasteiger partial charge in [-0.2, -0.15) is 0 Å². The van der Waals surface area contributed by atoms with Gasteiger partial charge in [-0.25, -0.2) is 0 Å². The Morgan fingerprint density at radius 2 is 1.84 bits per heavy atom. The van der Waals surface area contributed by atoms with Crippen LogP contribution in [0.2, 0.25) is 0 Å². The summed E-state index contributed by atoms with van der Waals surface area (Å²) in [7, 11) is 0. The lowest BCUT2D eigenvalue weighted by molar-refractivity contribution is -0.119. The van der Waals surface area contributed by atoms with E-state index < -0.39 is 0 Å². The number of carbonyl (C=O) groups is 1. The third-order valence-electron chi connectivity index (χ3n) is 4.95. The Bertz CT molecular complexity index is 544. The van der Waals surface area contributed by atoms with E-state index >= 15 is 0 Å². The molecule has 0 radical (unpaired) electrons. The number of rotatable bonds is 1. The molecule has 0 bridgehead atoms. The van der Waals surface area contributed by atoms with Gasteiger partial charge in [0.25, 0.3) is 0 Å². The first-order valence-corrected chi connectivity index (χ1v) is 7.43. The first-order valence-electron chi connectivity index (χ1n) is 7.43. The van der Waals surface area contributed by atoms with Crippen molar-refractivity contribution in [3.8, 4) is 0 Å². The zero-order valence-electron chi connectivity index (χ0n) is 11.1. The number of Topliss-reactive ketones (excluding diaryl/α,β-unsaturated/α-hetero) is 1. The summed E-state index contributed by atoms with van der Waals surface area (Å²) in [4.78, 5) is 15.4. The summed E-state index contributed by atoms with van der Waals surface area (Å²) >= 11 is 0. The van der Waals surface area contributed by atoms with Crippen LogP contribution >= 0.6 is 0 Å². The molecule has 2 heterocycles. The summed E-state index contributed by atoms with van der Waals surface area (Å²) in [6.07, 6.45) is 4.60. The molecule has 19 heavy (non-hydrogen) atoms. The third kappa shape index (κ3) is 1.63. The van der Waals surface area contributed by atoms with Gasteiger partial charge in [0.05, 0.1) is 0 Å². The Hall–Kier alpha value is -1.41. The fourth-order valence-electron chi connectivity index (χ4n) is 4.22. The molecule has 0 spiro atoms. The molecule has 2 atom stereocenters. The van der Waals surface area contributed by atoms with E-state index in [1.807, 2.05) is 18.2 Å². The van der Waals surface area contributed by atoms with Crippen LogP contribution in [-0.4, -0.2) is 29.8 Å². The van der Waals surface area contributed by atoms with Crippen LogP contribution in [0.25, 0.3) is 5.57 Å². The number of hydrogen-bond acceptors (Lipinski definition) is 2. The van der Waals surface area contributed by atoms with E-state index in [1.165, 1.54) is 31.5 Å². The minimum absolute atomic E-state index is 0.249. The molecule has 2 heteroatoms. The van der Waals surface area contributed by atoms with Crippen LogP contribution in [0.1, 0.15) is 31.2 Å². The summed E-state index contributed by atoms with van der Waals surface area (Å²) < 4.78 is 0. The molecule has 4 rings (SSSR count). The molecule has 98 valence electrons. The lowest BCUT2D eigenvalue weighted by atomic mass is 9.84. The van der Waals surface area contributed by atoms with E-state index in [-0.39, 0.29) is 5.92 Å². The van der Waals surface area contributed by atoms with Crippen molar-refractivity contribution in [2.45, 2.75) is 31.7 Å². The minimum atomic E-state index is 0.249. The van der Waals surface area contributed by atoms with Crippen molar-refractivity contribution in [1.82, 2.24) is 4.90 Å². The van der Waals surface area contributed by atoms with Crippen LogP contribution < -0.4 is 0 Å². The number of ketones is 1. The van der Waals surface area contributed by atoms with Crippen LogP contribution in [-0.2, 0) is 4.79 Å². The number of carbonyl (C=O) groups excluding carboxylic acids is 1. The van der Waals surface area contributed by atoms with Gasteiger partial charge in [-0.3, -0.25) is 9.69 Å². The van der Waals surface area contributed by atoms with E-state index in [9.17, 15) is 4.79 Å². The number of nitrogens with zero attached hydrogens (tertiary/aromatic N) is 1. The van der Waals surface area contributed by atoms with Gasteiger partial charge in [-0.15, -0.1) is 0 Å². The largest absolute Gasteiger partial charge is 0.296 e. The second-order valence-corrected chi connectivity index (χ2v) is 5.96. The highest BCUT2D eigenvalue weighted by molar-refractivity contribution is 6.25. The second-order valence-electron chi connectivity index (χ2n) is 5.96. The third-order valence-corrected chi connectivity index (χ3v) is 4.95. The molecule has 2 fully saturated rings. The smallest absolute Gasteiger partial charge is 0.168 e. The van der Waals surface area contributed by atoms with Crippen molar-refractivity contribution in [3.63, 3.8) is 0 Å². The SMILES string of the molecule is O=C1C(c2ccccc2)=C2CCCN3CCC[C@@H]1[C@@H]23. The molecular weight excluding hydrogens is 234 g/mol. The van der Waals surface area contributed by atoms with Gasteiger partial charge in [-0.05, 0) is 49.9 Å². The van der Waals surface area contributed by atoms with Gasteiger partial charge in [0, 0.05) is 17.5 Å². The molecule has 2 nitrogen and oxygen atoms in total. The van der Waals surface area contributed by atoms with Crippen LogP contribution in [0, 0.1) is 5.92 Å². The molecule has 0 aromatic heterocycles. The number of benzene rings is 1. The quantitative estimate of drug-likeness (QED) is 0.767. The van der Waals surface area contributed by atoms with Crippen LogP contribution in [0.5, 0.6) is 0 Å². The van der Waals surface area contributed by atoms with E-state index in [0.29, 0.717) is 11.8 Å². The van der Waals surface area contributed by atoms with Crippen LogP contribution in [0.15, 0.2) is 35.9 Å². The Kier molecular flexibility index (Phi) is 2.59. The van der Waals surface area contributed by atoms with Crippen molar-refractivity contribution >= 4 is 11.4 Å². The zero-order valence-corrected chi connectivity index (χ0v) is 11.1. The molecule has 1 aromatic carbocycles. The molecule has 0 amide bonds. The lowest BCUT2D eigenvalue weighted by Crippen LogP contribution is -2.48. The molecule has 0 saturated carbocycles. The summed E-state index contributed by atoms with van der Waals surface area (Å²) in [6.45, 7) is 2.36. The highest BCUT2D eigenvalue weighted by Gasteiger charge is 2.47. The van der Waals surface area contributed by atoms with Crippen LogP contribution in [0.4, 0.5) is 0 Å².